The number of hydrogen-bond acceptors (Lipinski definition) is 2. The Morgan fingerprint density at radius 1 is 0.913 bits per heavy atom. The molecule has 0 heterocycles. The van der Waals surface area contributed by atoms with Crippen LogP contribution in [0.25, 0.3) is 16.8 Å². The molecule has 0 saturated carbocycles. The second-order valence-electron chi connectivity index (χ2n) is 5.79. The van der Waals surface area contributed by atoms with Crippen molar-refractivity contribution in [2.24, 2.45) is 0 Å². The Morgan fingerprint density at radius 3 is 2.48 bits per heavy atom. The molecule has 3 aromatic rings. The van der Waals surface area contributed by atoms with Gasteiger partial charge in [0.15, 0.2) is 0 Å². The fourth-order valence-electron chi connectivity index (χ4n) is 2.76. The SMILES string of the molecule is CN(C/C=C/c1ccccc1)Cc1c(O)ccc2ccccc12. The van der Waals surface area contributed by atoms with E-state index in [9.17, 15) is 5.11 Å². The summed E-state index contributed by atoms with van der Waals surface area (Å²) in [6.45, 7) is 1.55. The first-order valence-corrected chi connectivity index (χ1v) is 7.84. The Hall–Kier alpha value is -2.58. The van der Waals surface area contributed by atoms with Gasteiger partial charge in [0.25, 0.3) is 0 Å². The highest BCUT2D eigenvalue weighted by molar-refractivity contribution is 5.87. The highest BCUT2D eigenvalue weighted by atomic mass is 16.3. The monoisotopic (exact) mass is 303 g/mol. The third-order valence-corrected chi connectivity index (χ3v) is 3.97. The summed E-state index contributed by atoms with van der Waals surface area (Å²) in [7, 11) is 2.07. The lowest BCUT2D eigenvalue weighted by Gasteiger charge is -2.17. The number of hydrogen-bond donors (Lipinski definition) is 1. The largest absolute Gasteiger partial charge is 0.508 e. The number of aromatic hydroxyl groups is 1. The summed E-state index contributed by atoms with van der Waals surface area (Å²) >= 11 is 0. The molecule has 0 saturated heterocycles. The number of phenolic OH excluding ortho intramolecular Hbond substituents is 1. The summed E-state index contributed by atoms with van der Waals surface area (Å²) in [4.78, 5) is 2.20. The van der Waals surface area contributed by atoms with Crippen molar-refractivity contribution in [3.05, 3.63) is 83.9 Å². The van der Waals surface area contributed by atoms with E-state index in [0.717, 1.165) is 22.9 Å². The van der Waals surface area contributed by atoms with E-state index >= 15 is 0 Å². The number of likely N-dealkylation sites (N-methyl/N-ethyl adjacent to an activating group) is 1. The molecule has 0 aliphatic carbocycles. The average Bonchev–Trinajstić information content (AvgIpc) is 2.58. The predicted octanol–water partition coefficient (Wildman–Crippen LogP) is 4.69. The summed E-state index contributed by atoms with van der Waals surface area (Å²) in [5.41, 5.74) is 2.19. The number of fused-ring (bicyclic) bond motifs is 1. The van der Waals surface area contributed by atoms with Gasteiger partial charge in [-0.3, -0.25) is 4.90 Å². The lowest BCUT2D eigenvalue weighted by atomic mass is 10.0. The van der Waals surface area contributed by atoms with E-state index in [4.69, 9.17) is 0 Å². The van der Waals surface area contributed by atoms with Crippen LogP contribution in [0.4, 0.5) is 0 Å². The lowest BCUT2D eigenvalue weighted by Crippen LogP contribution is -2.17. The van der Waals surface area contributed by atoms with Crippen LogP contribution in [0.2, 0.25) is 0 Å². The molecule has 0 aliphatic rings. The molecule has 0 radical (unpaired) electrons. The minimum Gasteiger partial charge on any atom is -0.508 e. The van der Waals surface area contributed by atoms with Crippen LogP contribution in [0.3, 0.4) is 0 Å². The highest BCUT2D eigenvalue weighted by Crippen LogP contribution is 2.28. The molecule has 3 aromatic carbocycles. The smallest absolute Gasteiger partial charge is 0.120 e. The minimum atomic E-state index is 0.364. The van der Waals surface area contributed by atoms with E-state index in [0.29, 0.717) is 12.3 Å². The van der Waals surface area contributed by atoms with E-state index in [1.165, 1.54) is 5.56 Å². The Kier molecular flexibility index (Phi) is 4.74. The van der Waals surface area contributed by atoms with Gasteiger partial charge in [0.05, 0.1) is 0 Å². The first-order valence-electron chi connectivity index (χ1n) is 7.84. The maximum atomic E-state index is 10.2. The van der Waals surface area contributed by atoms with Crippen molar-refractivity contribution in [2.45, 2.75) is 6.54 Å². The molecule has 23 heavy (non-hydrogen) atoms. The first-order chi connectivity index (χ1) is 11.2. The van der Waals surface area contributed by atoms with Crippen LogP contribution in [0.5, 0.6) is 5.75 Å². The van der Waals surface area contributed by atoms with Gasteiger partial charge in [-0.15, -0.1) is 0 Å². The Balaban J connectivity index is 1.72. The third-order valence-electron chi connectivity index (χ3n) is 3.97. The molecule has 0 aromatic heterocycles. The van der Waals surface area contributed by atoms with Crippen molar-refractivity contribution in [3.8, 4) is 5.75 Å². The molecular formula is C21H21NO. The normalized spacial score (nSPS) is 11.6. The zero-order valence-corrected chi connectivity index (χ0v) is 13.3. The number of benzene rings is 3. The number of rotatable bonds is 5. The van der Waals surface area contributed by atoms with Crippen LogP contribution in [0, 0.1) is 0 Å². The topological polar surface area (TPSA) is 23.5 Å². The van der Waals surface area contributed by atoms with E-state index in [1.54, 1.807) is 6.07 Å². The van der Waals surface area contributed by atoms with Gasteiger partial charge < -0.3 is 5.11 Å². The first kappa shape index (κ1) is 15.3. The van der Waals surface area contributed by atoms with Crippen molar-refractivity contribution < 1.29 is 5.11 Å². The van der Waals surface area contributed by atoms with Crippen LogP contribution < -0.4 is 0 Å². The molecule has 2 nitrogen and oxygen atoms in total. The Labute approximate surface area is 137 Å². The zero-order valence-electron chi connectivity index (χ0n) is 13.3. The lowest BCUT2D eigenvalue weighted by molar-refractivity contribution is 0.355. The fraction of sp³-hybridized carbons (Fsp3) is 0.143. The van der Waals surface area contributed by atoms with Crippen LogP contribution >= 0.6 is 0 Å². The molecule has 0 bridgehead atoms. The third kappa shape index (κ3) is 3.79. The molecule has 0 aliphatic heterocycles. The van der Waals surface area contributed by atoms with Crippen molar-refractivity contribution >= 4 is 16.8 Å². The second kappa shape index (κ2) is 7.12. The van der Waals surface area contributed by atoms with Gasteiger partial charge >= 0.3 is 0 Å². The summed E-state index contributed by atoms with van der Waals surface area (Å²) in [6, 6.07) is 22.2. The minimum absolute atomic E-state index is 0.364. The van der Waals surface area contributed by atoms with Gasteiger partial charge in [-0.25, -0.2) is 0 Å². The van der Waals surface area contributed by atoms with E-state index in [-0.39, 0.29) is 0 Å². The summed E-state index contributed by atoms with van der Waals surface area (Å²) in [6.07, 6.45) is 4.27. The molecule has 1 N–H and O–H groups in total. The second-order valence-corrected chi connectivity index (χ2v) is 5.79. The summed E-state index contributed by atoms with van der Waals surface area (Å²) in [5, 5.41) is 12.5. The average molecular weight is 303 g/mol. The molecule has 0 unspecified atom stereocenters. The van der Waals surface area contributed by atoms with Crippen molar-refractivity contribution in [3.63, 3.8) is 0 Å². The predicted molar refractivity (Wildman–Crippen MR) is 97.4 cm³/mol. The molecule has 2 heteroatoms. The van der Waals surface area contributed by atoms with Crippen LogP contribution in [-0.4, -0.2) is 23.6 Å². The Morgan fingerprint density at radius 2 is 1.65 bits per heavy atom. The molecule has 0 atom stereocenters. The van der Waals surface area contributed by atoms with E-state index in [2.05, 4.69) is 48.4 Å². The molecule has 0 amide bonds. The van der Waals surface area contributed by atoms with Crippen LogP contribution in [0.1, 0.15) is 11.1 Å². The molecule has 0 fully saturated rings. The maximum absolute atomic E-state index is 10.2. The van der Waals surface area contributed by atoms with E-state index in [1.807, 2.05) is 36.4 Å². The van der Waals surface area contributed by atoms with Gasteiger partial charge in [-0.05, 0) is 29.4 Å². The van der Waals surface area contributed by atoms with Gasteiger partial charge in [-0.2, -0.15) is 0 Å². The maximum Gasteiger partial charge on any atom is 0.120 e. The van der Waals surface area contributed by atoms with Crippen LogP contribution in [-0.2, 0) is 6.54 Å². The molecule has 0 spiro atoms. The van der Waals surface area contributed by atoms with Gasteiger partial charge in [0, 0.05) is 18.7 Å². The number of phenols is 1. The summed E-state index contributed by atoms with van der Waals surface area (Å²) < 4.78 is 0. The molecule has 3 rings (SSSR count). The van der Waals surface area contributed by atoms with Gasteiger partial charge in [0.2, 0.25) is 0 Å². The van der Waals surface area contributed by atoms with Gasteiger partial charge in [-0.1, -0.05) is 72.8 Å². The molecule has 116 valence electrons. The molecular weight excluding hydrogens is 282 g/mol. The fourth-order valence-corrected chi connectivity index (χ4v) is 2.76. The number of nitrogens with zero attached hydrogens (tertiary/aromatic N) is 1. The van der Waals surface area contributed by atoms with Crippen molar-refractivity contribution in [1.82, 2.24) is 4.90 Å². The standard InChI is InChI=1S/C21H21NO/c1-22(15-7-10-17-8-3-2-4-9-17)16-20-19-12-6-5-11-18(19)13-14-21(20)23/h2-14,23H,15-16H2,1H3/b10-7+. The zero-order chi connectivity index (χ0) is 16.1. The Bertz CT molecular complexity index is 808. The highest BCUT2D eigenvalue weighted by Gasteiger charge is 2.08. The van der Waals surface area contributed by atoms with E-state index < -0.39 is 0 Å². The van der Waals surface area contributed by atoms with Gasteiger partial charge in [0.1, 0.15) is 5.75 Å². The van der Waals surface area contributed by atoms with Crippen molar-refractivity contribution in [1.29, 1.82) is 0 Å². The van der Waals surface area contributed by atoms with Crippen molar-refractivity contribution in [2.75, 3.05) is 13.6 Å². The van der Waals surface area contributed by atoms with Crippen LogP contribution in [0.15, 0.2) is 72.8 Å². The quantitative estimate of drug-likeness (QED) is 0.739. The summed E-state index contributed by atoms with van der Waals surface area (Å²) in [5.74, 6) is 0.364.